The van der Waals surface area contributed by atoms with Crippen molar-refractivity contribution in [2.45, 2.75) is 51.0 Å². The summed E-state index contributed by atoms with van der Waals surface area (Å²) in [6.07, 6.45) is 6.99. The van der Waals surface area contributed by atoms with Gasteiger partial charge in [0.25, 0.3) is 0 Å². The predicted molar refractivity (Wildman–Crippen MR) is 92.7 cm³/mol. The highest BCUT2D eigenvalue weighted by atomic mass is 16.3. The number of hydrogen-bond acceptors (Lipinski definition) is 3. The van der Waals surface area contributed by atoms with Crippen molar-refractivity contribution in [3.8, 4) is 11.5 Å². The quantitative estimate of drug-likeness (QED) is 0.793. The van der Waals surface area contributed by atoms with E-state index in [1.807, 2.05) is 18.2 Å². The third-order valence-electron chi connectivity index (χ3n) is 4.94. The Morgan fingerprint density at radius 1 is 0.913 bits per heavy atom. The number of nitrogens with two attached hydrogens (primary N) is 1. The van der Waals surface area contributed by atoms with Crippen LogP contribution in [-0.4, -0.2) is 10.2 Å². The van der Waals surface area contributed by atoms with Gasteiger partial charge in [0, 0.05) is 13.0 Å². The molecule has 1 fully saturated rings. The second-order valence-electron chi connectivity index (χ2n) is 6.56. The predicted octanol–water partition coefficient (Wildman–Crippen LogP) is 4.20. The number of aromatic hydroxyl groups is 2. The van der Waals surface area contributed by atoms with E-state index >= 15 is 0 Å². The van der Waals surface area contributed by atoms with Crippen molar-refractivity contribution >= 4 is 0 Å². The van der Waals surface area contributed by atoms with E-state index in [-0.39, 0.29) is 5.75 Å². The van der Waals surface area contributed by atoms with Crippen LogP contribution in [0.4, 0.5) is 0 Å². The zero-order chi connectivity index (χ0) is 16.2. The molecule has 0 atom stereocenters. The molecule has 0 aromatic heterocycles. The summed E-state index contributed by atoms with van der Waals surface area (Å²) in [4.78, 5) is 0. The van der Waals surface area contributed by atoms with Gasteiger partial charge < -0.3 is 15.9 Å². The van der Waals surface area contributed by atoms with Crippen molar-refractivity contribution in [3.05, 3.63) is 58.7 Å². The zero-order valence-electron chi connectivity index (χ0n) is 13.5. The molecule has 1 saturated carbocycles. The second-order valence-corrected chi connectivity index (χ2v) is 6.56. The van der Waals surface area contributed by atoms with Gasteiger partial charge >= 0.3 is 0 Å². The lowest BCUT2D eigenvalue weighted by atomic mass is 9.81. The minimum atomic E-state index is 0.263. The number of rotatable bonds is 4. The molecule has 0 aliphatic heterocycles. The Balaban J connectivity index is 1.91. The second kappa shape index (κ2) is 7.05. The normalized spacial score (nSPS) is 15.7. The Morgan fingerprint density at radius 2 is 1.61 bits per heavy atom. The Labute approximate surface area is 137 Å². The van der Waals surface area contributed by atoms with E-state index in [4.69, 9.17) is 5.73 Å². The van der Waals surface area contributed by atoms with Crippen LogP contribution in [-0.2, 0) is 13.0 Å². The van der Waals surface area contributed by atoms with E-state index in [2.05, 4.69) is 6.07 Å². The Kier molecular flexibility index (Phi) is 4.87. The monoisotopic (exact) mass is 311 g/mol. The fourth-order valence-electron chi connectivity index (χ4n) is 3.64. The molecule has 3 rings (SSSR count). The molecule has 0 heterocycles. The Hall–Kier alpha value is -2.00. The maximum absolute atomic E-state index is 10.4. The molecular weight excluding hydrogens is 286 g/mol. The summed E-state index contributed by atoms with van der Waals surface area (Å²) in [7, 11) is 0. The lowest BCUT2D eigenvalue weighted by Crippen LogP contribution is -2.11. The molecule has 0 amide bonds. The van der Waals surface area contributed by atoms with Crippen molar-refractivity contribution in [2.75, 3.05) is 0 Å². The minimum Gasteiger partial charge on any atom is -0.508 e. The van der Waals surface area contributed by atoms with Gasteiger partial charge in [-0.15, -0.1) is 0 Å². The molecule has 4 N–H and O–H groups in total. The van der Waals surface area contributed by atoms with Crippen LogP contribution in [0.1, 0.15) is 60.3 Å². The van der Waals surface area contributed by atoms with E-state index in [0.717, 1.165) is 16.7 Å². The maximum Gasteiger partial charge on any atom is 0.119 e. The summed E-state index contributed by atoms with van der Waals surface area (Å²) >= 11 is 0. The molecule has 23 heavy (non-hydrogen) atoms. The summed E-state index contributed by atoms with van der Waals surface area (Å²) in [5, 5.41) is 19.8. The van der Waals surface area contributed by atoms with Crippen LogP contribution in [0, 0.1) is 0 Å². The van der Waals surface area contributed by atoms with Gasteiger partial charge in [0.05, 0.1) is 0 Å². The summed E-state index contributed by atoms with van der Waals surface area (Å²) in [5.74, 6) is 1.15. The molecule has 122 valence electrons. The van der Waals surface area contributed by atoms with E-state index in [9.17, 15) is 10.2 Å². The molecule has 3 heteroatoms. The number of phenolic OH excluding ortho intramolecular Hbond substituents is 2. The first kappa shape index (κ1) is 15.9. The summed E-state index contributed by atoms with van der Waals surface area (Å²) in [6.45, 7) is 0.471. The zero-order valence-corrected chi connectivity index (χ0v) is 13.5. The molecule has 0 radical (unpaired) electrons. The van der Waals surface area contributed by atoms with Gasteiger partial charge in [-0.1, -0.05) is 37.5 Å². The minimum absolute atomic E-state index is 0.263. The van der Waals surface area contributed by atoms with Crippen molar-refractivity contribution < 1.29 is 10.2 Å². The van der Waals surface area contributed by atoms with Crippen molar-refractivity contribution in [1.82, 2.24) is 0 Å². The van der Waals surface area contributed by atoms with E-state index in [1.165, 1.54) is 37.7 Å². The first-order chi connectivity index (χ1) is 11.2. The maximum atomic E-state index is 10.4. The molecule has 1 aliphatic rings. The molecular formula is C20H25NO2. The first-order valence-electron chi connectivity index (χ1n) is 8.50. The van der Waals surface area contributed by atoms with Gasteiger partial charge in [-0.25, -0.2) is 0 Å². The van der Waals surface area contributed by atoms with Gasteiger partial charge in [-0.3, -0.25) is 0 Å². The van der Waals surface area contributed by atoms with Crippen LogP contribution in [0.25, 0.3) is 0 Å². The van der Waals surface area contributed by atoms with Crippen LogP contribution in [0.2, 0.25) is 0 Å². The van der Waals surface area contributed by atoms with Crippen LogP contribution in [0.3, 0.4) is 0 Å². The molecule has 2 aromatic rings. The van der Waals surface area contributed by atoms with Crippen molar-refractivity contribution in [2.24, 2.45) is 5.73 Å². The van der Waals surface area contributed by atoms with Gasteiger partial charge in [0.2, 0.25) is 0 Å². The number of hydrogen-bond donors (Lipinski definition) is 3. The number of phenols is 2. The molecule has 1 aliphatic carbocycles. The Morgan fingerprint density at radius 3 is 2.26 bits per heavy atom. The van der Waals surface area contributed by atoms with Crippen LogP contribution in [0.5, 0.6) is 11.5 Å². The van der Waals surface area contributed by atoms with Crippen molar-refractivity contribution in [1.29, 1.82) is 0 Å². The standard InChI is InChI=1S/C20H25NO2/c21-13-17-12-20(23)16(10-14-6-8-18(22)9-7-14)11-19(17)15-4-2-1-3-5-15/h6-9,11-12,15,22-23H,1-5,10,13,21H2. The van der Waals surface area contributed by atoms with E-state index < -0.39 is 0 Å². The fraction of sp³-hybridized carbons (Fsp3) is 0.400. The molecule has 3 nitrogen and oxygen atoms in total. The van der Waals surface area contributed by atoms with Gasteiger partial charge in [0.1, 0.15) is 11.5 Å². The highest BCUT2D eigenvalue weighted by Crippen LogP contribution is 2.37. The van der Waals surface area contributed by atoms with Crippen LogP contribution < -0.4 is 5.73 Å². The topological polar surface area (TPSA) is 66.5 Å². The smallest absolute Gasteiger partial charge is 0.119 e. The average molecular weight is 311 g/mol. The molecule has 0 unspecified atom stereocenters. The Bertz CT molecular complexity index is 658. The van der Waals surface area contributed by atoms with Crippen LogP contribution in [0.15, 0.2) is 36.4 Å². The van der Waals surface area contributed by atoms with Gasteiger partial charge in [-0.2, -0.15) is 0 Å². The van der Waals surface area contributed by atoms with Crippen LogP contribution >= 0.6 is 0 Å². The lowest BCUT2D eigenvalue weighted by molar-refractivity contribution is 0.438. The van der Waals surface area contributed by atoms with E-state index in [1.54, 1.807) is 12.1 Å². The first-order valence-corrected chi connectivity index (χ1v) is 8.50. The third-order valence-corrected chi connectivity index (χ3v) is 4.94. The highest BCUT2D eigenvalue weighted by Gasteiger charge is 2.20. The largest absolute Gasteiger partial charge is 0.508 e. The summed E-state index contributed by atoms with van der Waals surface area (Å²) in [5.41, 5.74) is 10.3. The summed E-state index contributed by atoms with van der Waals surface area (Å²) < 4.78 is 0. The van der Waals surface area contributed by atoms with Gasteiger partial charge in [0.15, 0.2) is 0 Å². The average Bonchev–Trinajstić information content (AvgIpc) is 2.59. The molecule has 0 saturated heterocycles. The van der Waals surface area contributed by atoms with Crippen molar-refractivity contribution in [3.63, 3.8) is 0 Å². The lowest BCUT2D eigenvalue weighted by Gasteiger charge is -2.25. The molecule has 0 bridgehead atoms. The molecule has 0 spiro atoms. The van der Waals surface area contributed by atoms with E-state index in [0.29, 0.717) is 24.6 Å². The molecule has 2 aromatic carbocycles. The number of benzene rings is 2. The summed E-state index contributed by atoms with van der Waals surface area (Å²) in [6, 6.07) is 11.2. The van der Waals surface area contributed by atoms with Gasteiger partial charge in [-0.05, 0) is 59.2 Å². The third kappa shape index (κ3) is 3.67. The SMILES string of the molecule is NCc1cc(O)c(Cc2ccc(O)cc2)cc1C1CCCCC1. The highest BCUT2D eigenvalue weighted by molar-refractivity contribution is 5.46. The fourth-order valence-corrected chi connectivity index (χ4v) is 3.64.